The van der Waals surface area contributed by atoms with Gasteiger partial charge in [0.25, 0.3) is 0 Å². The maximum atomic E-state index is 11.5. The largest absolute Gasteiger partial charge is 0.463 e. The van der Waals surface area contributed by atoms with Gasteiger partial charge in [0.15, 0.2) is 0 Å². The molecule has 0 bridgehead atoms. The van der Waals surface area contributed by atoms with Gasteiger partial charge in [0, 0.05) is 13.0 Å². The zero-order valence-electron chi connectivity index (χ0n) is 19.1. The van der Waals surface area contributed by atoms with E-state index in [9.17, 15) is 4.79 Å². The molecule has 6 nitrogen and oxygen atoms in total. The highest BCUT2D eigenvalue weighted by Crippen LogP contribution is 2.05. The second kappa shape index (κ2) is 25.3. The molecule has 0 aromatic heterocycles. The number of ether oxygens (including phenoxy) is 5. The number of hydrogen-bond acceptors (Lipinski definition) is 6. The Morgan fingerprint density at radius 2 is 0.897 bits per heavy atom. The van der Waals surface area contributed by atoms with E-state index in [2.05, 4.69) is 13.8 Å². The second-order valence-electron chi connectivity index (χ2n) is 7.25. The number of esters is 1. The average Bonchev–Trinajstić information content (AvgIpc) is 2.73. The van der Waals surface area contributed by atoms with Gasteiger partial charge in [-0.05, 0) is 12.8 Å². The minimum absolute atomic E-state index is 0.131. The molecule has 29 heavy (non-hydrogen) atoms. The van der Waals surface area contributed by atoms with Gasteiger partial charge in [0.1, 0.15) is 6.61 Å². The van der Waals surface area contributed by atoms with Crippen molar-refractivity contribution in [1.29, 1.82) is 0 Å². The third kappa shape index (κ3) is 25.3. The predicted octanol–water partition coefficient (Wildman–Crippen LogP) is 4.93. The van der Waals surface area contributed by atoms with E-state index in [1.807, 2.05) is 0 Å². The zero-order valence-corrected chi connectivity index (χ0v) is 19.1. The molecule has 0 aliphatic carbocycles. The topological polar surface area (TPSA) is 63.2 Å². The first-order valence-electron chi connectivity index (χ1n) is 11.8. The van der Waals surface area contributed by atoms with Crippen LogP contribution in [0.3, 0.4) is 0 Å². The molecule has 0 N–H and O–H groups in total. The molecule has 0 aromatic rings. The fourth-order valence-corrected chi connectivity index (χ4v) is 2.73. The van der Waals surface area contributed by atoms with Crippen LogP contribution >= 0.6 is 0 Å². The molecule has 0 heterocycles. The van der Waals surface area contributed by atoms with Gasteiger partial charge in [0.2, 0.25) is 0 Å². The molecule has 0 unspecified atom stereocenters. The smallest absolute Gasteiger partial charge is 0.305 e. The Kier molecular flexibility index (Phi) is 24.7. The van der Waals surface area contributed by atoms with Crippen molar-refractivity contribution in [3.8, 4) is 0 Å². The van der Waals surface area contributed by atoms with E-state index in [0.717, 1.165) is 25.9 Å². The van der Waals surface area contributed by atoms with Crippen molar-refractivity contribution in [2.75, 3.05) is 59.5 Å². The standard InChI is InChI=1S/C23H46O6/c1-3-5-7-9-10-12-14-25-15-16-26-17-18-27-19-20-28-21-22-29-23(24)13-11-8-6-4-2/h3-22H2,1-2H3. The summed E-state index contributed by atoms with van der Waals surface area (Å²) in [4.78, 5) is 11.5. The molecule has 0 spiro atoms. The van der Waals surface area contributed by atoms with Crippen LogP contribution in [-0.2, 0) is 28.5 Å². The maximum absolute atomic E-state index is 11.5. The number of hydrogen-bond donors (Lipinski definition) is 0. The van der Waals surface area contributed by atoms with Crippen molar-refractivity contribution in [3.05, 3.63) is 0 Å². The van der Waals surface area contributed by atoms with Gasteiger partial charge in [-0.1, -0.05) is 65.2 Å². The average molecular weight is 419 g/mol. The highest BCUT2D eigenvalue weighted by molar-refractivity contribution is 5.69. The summed E-state index contributed by atoms with van der Waals surface area (Å²) in [5, 5.41) is 0. The molecule has 0 saturated heterocycles. The predicted molar refractivity (Wildman–Crippen MR) is 116 cm³/mol. The molecule has 0 rings (SSSR count). The van der Waals surface area contributed by atoms with Crippen molar-refractivity contribution >= 4 is 5.97 Å². The molecule has 0 atom stereocenters. The summed E-state index contributed by atoms with van der Waals surface area (Å²) < 4.78 is 26.9. The third-order valence-corrected chi connectivity index (χ3v) is 4.48. The van der Waals surface area contributed by atoms with Crippen LogP contribution in [0.15, 0.2) is 0 Å². The van der Waals surface area contributed by atoms with Gasteiger partial charge in [-0.2, -0.15) is 0 Å². The fourth-order valence-electron chi connectivity index (χ4n) is 2.73. The van der Waals surface area contributed by atoms with Crippen molar-refractivity contribution < 1.29 is 28.5 Å². The van der Waals surface area contributed by atoms with Crippen LogP contribution in [0.5, 0.6) is 0 Å². The summed E-state index contributed by atoms with van der Waals surface area (Å²) in [6.45, 7) is 9.33. The molecule has 0 saturated carbocycles. The number of rotatable bonds is 24. The van der Waals surface area contributed by atoms with Gasteiger partial charge in [0.05, 0.1) is 46.2 Å². The summed E-state index contributed by atoms with van der Waals surface area (Å²) >= 11 is 0. The Morgan fingerprint density at radius 3 is 1.45 bits per heavy atom. The van der Waals surface area contributed by atoms with Crippen LogP contribution in [0.4, 0.5) is 0 Å². The van der Waals surface area contributed by atoms with E-state index in [4.69, 9.17) is 23.7 Å². The Labute approximate surface area is 178 Å². The molecule has 0 fully saturated rings. The number of unbranched alkanes of at least 4 members (excludes halogenated alkanes) is 8. The molecule has 0 aliphatic heterocycles. The van der Waals surface area contributed by atoms with Crippen LogP contribution in [0.1, 0.15) is 84.5 Å². The molecular weight excluding hydrogens is 372 g/mol. The van der Waals surface area contributed by atoms with E-state index >= 15 is 0 Å². The summed E-state index contributed by atoms with van der Waals surface area (Å²) in [6.07, 6.45) is 12.6. The van der Waals surface area contributed by atoms with Crippen LogP contribution in [-0.4, -0.2) is 65.4 Å². The Balaban J connectivity index is 3.07. The molecule has 0 aromatic carbocycles. The third-order valence-electron chi connectivity index (χ3n) is 4.48. The quantitative estimate of drug-likeness (QED) is 0.164. The van der Waals surface area contributed by atoms with Crippen LogP contribution in [0.25, 0.3) is 0 Å². The van der Waals surface area contributed by atoms with Gasteiger partial charge < -0.3 is 23.7 Å². The molecule has 174 valence electrons. The van der Waals surface area contributed by atoms with E-state index in [1.165, 1.54) is 44.9 Å². The van der Waals surface area contributed by atoms with Gasteiger partial charge in [-0.15, -0.1) is 0 Å². The highest BCUT2D eigenvalue weighted by atomic mass is 16.6. The van der Waals surface area contributed by atoms with E-state index < -0.39 is 0 Å². The van der Waals surface area contributed by atoms with Crippen molar-refractivity contribution in [1.82, 2.24) is 0 Å². The monoisotopic (exact) mass is 418 g/mol. The molecular formula is C23H46O6. The lowest BCUT2D eigenvalue weighted by molar-refractivity contribution is -0.145. The van der Waals surface area contributed by atoms with Crippen molar-refractivity contribution in [2.24, 2.45) is 0 Å². The highest BCUT2D eigenvalue weighted by Gasteiger charge is 2.02. The second-order valence-corrected chi connectivity index (χ2v) is 7.25. The SMILES string of the molecule is CCCCCCCCOCCOCCOCCOCCOC(=O)CCCCCC. The van der Waals surface area contributed by atoms with E-state index in [0.29, 0.717) is 59.3 Å². The van der Waals surface area contributed by atoms with Gasteiger partial charge in [-0.25, -0.2) is 0 Å². The summed E-state index contributed by atoms with van der Waals surface area (Å²) in [5.41, 5.74) is 0. The van der Waals surface area contributed by atoms with Crippen LogP contribution in [0, 0.1) is 0 Å². The molecule has 0 radical (unpaired) electrons. The minimum atomic E-state index is -0.131. The van der Waals surface area contributed by atoms with E-state index in [-0.39, 0.29) is 5.97 Å². The maximum Gasteiger partial charge on any atom is 0.305 e. The zero-order chi connectivity index (χ0) is 21.3. The Hall–Kier alpha value is -0.690. The molecule has 0 aliphatic rings. The summed E-state index contributed by atoms with van der Waals surface area (Å²) in [7, 11) is 0. The van der Waals surface area contributed by atoms with Crippen molar-refractivity contribution in [3.63, 3.8) is 0 Å². The molecule has 0 amide bonds. The van der Waals surface area contributed by atoms with Gasteiger partial charge >= 0.3 is 5.97 Å². The summed E-state index contributed by atoms with van der Waals surface area (Å²) in [5.74, 6) is -0.131. The van der Waals surface area contributed by atoms with Crippen LogP contribution < -0.4 is 0 Å². The first-order chi connectivity index (χ1) is 14.3. The molecule has 6 heteroatoms. The van der Waals surface area contributed by atoms with Gasteiger partial charge in [-0.3, -0.25) is 4.79 Å². The first-order valence-corrected chi connectivity index (χ1v) is 11.8. The number of carbonyl (C=O) groups excluding carboxylic acids is 1. The lowest BCUT2D eigenvalue weighted by Crippen LogP contribution is -2.14. The van der Waals surface area contributed by atoms with Crippen LogP contribution in [0.2, 0.25) is 0 Å². The lowest BCUT2D eigenvalue weighted by atomic mass is 10.1. The first kappa shape index (κ1) is 28.3. The minimum Gasteiger partial charge on any atom is -0.463 e. The van der Waals surface area contributed by atoms with E-state index in [1.54, 1.807) is 0 Å². The summed E-state index contributed by atoms with van der Waals surface area (Å²) in [6, 6.07) is 0. The Bertz CT molecular complexity index is 324. The number of carbonyl (C=O) groups is 1. The fraction of sp³-hybridized carbons (Fsp3) is 0.957. The lowest BCUT2D eigenvalue weighted by Gasteiger charge is -2.08. The normalized spacial score (nSPS) is 11.1. The van der Waals surface area contributed by atoms with Crippen molar-refractivity contribution in [2.45, 2.75) is 84.5 Å². The Morgan fingerprint density at radius 1 is 0.483 bits per heavy atom.